The van der Waals surface area contributed by atoms with E-state index < -0.39 is 6.04 Å². The van der Waals surface area contributed by atoms with Gasteiger partial charge in [0.25, 0.3) is 5.91 Å². The van der Waals surface area contributed by atoms with E-state index in [1.54, 1.807) is 16.8 Å². The van der Waals surface area contributed by atoms with Crippen LogP contribution in [0, 0.1) is 6.92 Å². The molecule has 174 valence electrons. The van der Waals surface area contributed by atoms with Crippen molar-refractivity contribution in [1.29, 1.82) is 0 Å². The van der Waals surface area contributed by atoms with Gasteiger partial charge in [-0.25, -0.2) is 0 Å². The average Bonchev–Trinajstić information content (AvgIpc) is 3.16. The Morgan fingerprint density at radius 2 is 1.62 bits per heavy atom. The summed E-state index contributed by atoms with van der Waals surface area (Å²) in [5, 5.41) is 2.95. The molecule has 1 aliphatic rings. The number of rotatable bonds is 7. The molecule has 3 aromatic rings. The normalized spacial score (nSPS) is 18.6. The van der Waals surface area contributed by atoms with E-state index in [1.807, 2.05) is 67.7 Å². The molecule has 2 N–H and O–H groups in total. The summed E-state index contributed by atoms with van der Waals surface area (Å²) in [5.41, 5.74) is 7.60. The lowest BCUT2D eigenvalue weighted by molar-refractivity contribution is -0.596. The van der Waals surface area contributed by atoms with Crippen molar-refractivity contribution < 1.29 is 14.3 Å². The average molecular weight is 456 g/mol. The largest absolute Gasteiger partial charge is 0.372 e. The number of nitrogens with zero attached hydrogens (tertiary/aromatic N) is 2. The third-order valence-electron chi connectivity index (χ3n) is 6.19. The highest BCUT2D eigenvalue weighted by Crippen LogP contribution is 2.25. The number of hydrazone groups is 1. The Labute approximate surface area is 200 Å². The number of carbonyl (C=O) groups excluding carboxylic acids is 2. The zero-order valence-electron chi connectivity index (χ0n) is 19.9. The summed E-state index contributed by atoms with van der Waals surface area (Å²) >= 11 is 0. The Balaban J connectivity index is 1.64. The Bertz CT molecular complexity index is 1170. The third-order valence-corrected chi connectivity index (χ3v) is 6.19. The minimum atomic E-state index is -0.734. The van der Waals surface area contributed by atoms with Crippen LogP contribution in [0.1, 0.15) is 46.9 Å². The zero-order chi connectivity index (χ0) is 24.1. The fourth-order valence-corrected chi connectivity index (χ4v) is 4.28. The van der Waals surface area contributed by atoms with Gasteiger partial charge in [0, 0.05) is 35.5 Å². The van der Waals surface area contributed by atoms with Gasteiger partial charge >= 0.3 is 5.91 Å². The third kappa shape index (κ3) is 5.01. The molecule has 34 heavy (non-hydrogen) atoms. The molecular formula is C28H31N4O2+. The van der Waals surface area contributed by atoms with E-state index in [1.165, 1.54) is 0 Å². The first-order chi connectivity index (χ1) is 16.5. The van der Waals surface area contributed by atoms with Gasteiger partial charge in [-0.2, -0.15) is 0 Å². The van der Waals surface area contributed by atoms with E-state index in [4.69, 9.17) is 0 Å². The molecule has 2 atom stereocenters. The molecule has 0 bridgehead atoms. The molecule has 1 aliphatic heterocycles. The van der Waals surface area contributed by atoms with Crippen LogP contribution in [0.25, 0.3) is 0 Å². The molecule has 6 heteroatoms. The summed E-state index contributed by atoms with van der Waals surface area (Å²) < 4.78 is 1.80. The van der Waals surface area contributed by atoms with E-state index in [-0.39, 0.29) is 17.9 Å². The number of amides is 2. The van der Waals surface area contributed by atoms with Gasteiger partial charge in [0.15, 0.2) is 6.04 Å². The van der Waals surface area contributed by atoms with Crippen molar-refractivity contribution in [3.63, 3.8) is 0 Å². The minimum absolute atomic E-state index is 0.245. The predicted octanol–water partition coefficient (Wildman–Crippen LogP) is 3.86. The lowest BCUT2D eigenvalue weighted by Gasteiger charge is -2.20. The highest BCUT2D eigenvalue weighted by atomic mass is 16.2. The number of hydrazine groups is 1. The molecule has 4 rings (SSSR count). The number of benzene rings is 3. The molecule has 6 nitrogen and oxygen atoms in total. The van der Waals surface area contributed by atoms with Crippen molar-refractivity contribution in [2.45, 2.75) is 32.9 Å². The number of carbonyl (C=O) groups is 2. The minimum Gasteiger partial charge on any atom is -0.372 e. The SMILES string of the molecule is CCN(CC)c1ccc(/C=[N+]2\NC(=O)[C@H](NC(=O)c3ccc(C)cc3)[C@H]2c2ccccc2)cc1. The molecule has 0 aliphatic carbocycles. The maximum atomic E-state index is 13.0. The molecule has 0 saturated carbocycles. The van der Waals surface area contributed by atoms with Gasteiger partial charge < -0.3 is 10.2 Å². The number of hydrogen-bond donors (Lipinski definition) is 2. The van der Waals surface area contributed by atoms with Crippen LogP contribution in [0.3, 0.4) is 0 Å². The van der Waals surface area contributed by atoms with Crippen molar-refractivity contribution in [2.75, 3.05) is 18.0 Å². The van der Waals surface area contributed by atoms with Crippen molar-refractivity contribution in [1.82, 2.24) is 10.7 Å². The number of hydrogen-bond acceptors (Lipinski definition) is 3. The molecule has 0 spiro atoms. The van der Waals surface area contributed by atoms with Crippen LogP contribution in [-0.2, 0) is 4.79 Å². The molecule has 0 aromatic heterocycles. The molecule has 1 heterocycles. The van der Waals surface area contributed by atoms with Crippen molar-refractivity contribution in [3.05, 3.63) is 101 Å². The van der Waals surface area contributed by atoms with Crippen LogP contribution >= 0.6 is 0 Å². The number of anilines is 1. The standard InChI is InChI=1S/C28H30N4O2/c1-4-31(5-2)24-17-13-21(14-18-24)19-32-26(22-9-7-6-8-10-22)25(28(34)30-32)29-27(33)23-15-11-20(3)12-16-23/h6-19,25-26H,4-5H2,1-3H3,(H-,29,30,33,34)/p+1/t25-,26-/m1/s1. The summed E-state index contributed by atoms with van der Waals surface area (Å²) in [6.07, 6.45) is 1.92. The smallest absolute Gasteiger partial charge is 0.304 e. The maximum absolute atomic E-state index is 13.0. The highest BCUT2D eigenvalue weighted by Gasteiger charge is 2.47. The van der Waals surface area contributed by atoms with Gasteiger partial charge in [0.1, 0.15) is 0 Å². The fraction of sp³-hybridized carbons (Fsp3) is 0.250. The van der Waals surface area contributed by atoms with Crippen LogP contribution in [0.2, 0.25) is 0 Å². The van der Waals surface area contributed by atoms with Gasteiger partial charge in [-0.1, -0.05) is 48.0 Å². The van der Waals surface area contributed by atoms with Gasteiger partial charge in [-0.15, -0.1) is 10.1 Å². The van der Waals surface area contributed by atoms with E-state index in [9.17, 15) is 9.59 Å². The Morgan fingerprint density at radius 3 is 2.24 bits per heavy atom. The molecule has 0 unspecified atom stereocenters. The Hall–Kier alpha value is -3.93. The van der Waals surface area contributed by atoms with E-state index in [2.05, 4.69) is 41.6 Å². The second kappa shape index (κ2) is 10.3. The first-order valence-electron chi connectivity index (χ1n) is 11.7. The van der Waals surface area contributed by atoms with E-state index in [0.29, 0.717) is 5.56 Å². The quantitative estimate of drug-likeness (QED) is 0.532. The molecule has 3 aromatic carbocycles. The van der Waals surface area contributed by atoms with Crippen LogP contribution in [0.15, 0.2) is 78.9 Å². The summed E-state index contributed by atoms with van der Waals surface area (Å²) in [4.78, 5) is 28.2. The van der Waals surface area contributed by atoms with Gasteiger partial charge in [0.05, 0.1) is 0 Å². The maximum Gasteiger partial charge on any atom is 0.304 e. The molecule has 1 saturated heterocycles. The first kappa shape index (κ1) is 23.2. The van der Waals surface area contributed by atoms with Crippen LogP contribution < -0.4 is 15.6 Å². The Morgan fingerprint density at radius 1 is 0.971 bits per heavy atom. The number of nitrogens with one attached hydrogen (secondary N) is 2. The van der Waals surface area contributed by atoms with Crippen LogP contribution in [0.4, 0.5) is 5.69 Å². The second-order valence-corrected chi connectivity index (χ2v) is 8.45. The van der Waals surface area contributed by atoms with E-state index >= 15 is 0 Å². The Kier molecular flexibility index (Phi) is 7.07. The molecule has 0 radical (unpaired) electrons. The van der Waals surface area contributed by atoms with Crippen molar-refractivity contribution in [2.24, 2.45) is 0 Å². The first-order valence-corrected chi connectivity index (χ1v) is 11.7. The van der Waals surface area contributed by atoms with Gasteiger partial charge in [-0.05, 0) is 57.2 Å². The molecule has 2 amide bonds. The fourth-order valence-electron chi connectivity index (χ4n) is 4.28. The summed E-state index contributed by atoms with van der Waals surface area (Å²) in [5.74, 6) is -0.517. The predicted molar refractivity (Wildman–Crippen MR) is 135 cm³/mol. The number of aryl methyl sites for hydroxylation is 1. The van der Waals surface area contributed by atoms with Gasteiger partial charge in [-0.3, -0.25) is 9.59 Å². The van der Waals surface area contributed by atoms with Crippen molar-refractivity contribution >= 4 is 23.7 Å². The molecular weight excluding hydrogens is 424 g/mol. The summed E-state index contributed by atoms with van der Waals surface area (Å²) in [6, 6.07) is 24.2. The summed E-state index contributed by atoms with van der Waals surface area (Å²) in [7, 11) is 0. The lowest BCUT2D eigenvalue weighted by atomic mass is 9.99. The lowest BCUT2D eigenvalue weighted by Crippen LogP contribution is -2.42. The van der Waals surface area contributed by atoms with Crippen LogP contribution in [-0.4, -0.2) is 41.8 Å². The monoisotopic (exact) mass is 455 g/mol. The topological polar surface area (TPSA) is 64.5 Å². The van der Waals surface area contributed by atoms with Gasteiger partial charge in [0.2, 0.25) is 12.3 Å². The molecule has 1 fully saturated rings. The van der Waals surface area contributed by atoms with Crippen LogP contribution in [0.5, 0.6) is 0 Å². The summed E-state index contributed by atoms with van der Waals surface area (Å²) in [6.45, 7) is 8.14. The van der Waals surface area contributed by atoms with Crippen molar-refractivity contribution in [3.8, 4) is 0 Å². The second-order valence-electron chi connectivity index (χ2n) is 8.45. The highest BCUT2D eigenvalue weighted by molar-refractivity contribution is 5.98. The van der Waals surface area contributed by atoms with E-state index in [0.717, 1.165) is 35.5 Å². The zero-order valence-corrected chi connectivity index (χ0v) is 19.9.